The summed E-state index contributed by atoms with van der Waals surface area (Å²) in [5.41, 5.74) is 1.55. The van der Waals surface area contributed by atoms with Gasteiger partial charge in [0.1, 0.15) is 0 Å². The zero-order valence-electron chi connectivity index (χ0n) is 16.4. The Hall–Kier alpha value is -1.49. The highest BCUT2D eigenvalue weighted by atomic mass is 35.5. The van der Waals surface area contributed by atoms with Gasteiger partial charge in [-0.15, -0.1) is 0 Å². The molecule has 0 atom stereocenters. The number of nitrogens with zero attached hydrogens (tertiary/aromatic N) is 2. The van der Waals surface area contributed by atoms with Crippen LogP contribution in [-0.4, -0.2) is 29.6 Å². The molecule has 0 radical (unpaired) electrons. The Bertz CT molecular complexity index is 1220. The van der Waals surface area contributed by atoms with Gasteiger partial charge in [0.15, 0.2) is 5.16 Å². The number of hydrogen-bond donors (Lipinski definition) is 2. The number of unbranched alkanes of at least 4 members (excludes halogenated alkanes) is 1. The molecule has 3 N–H and O–H groups in total. The summed E-state index contributed by atoms with van der Waals surface area (Å²) in [4.78, 5) is 17.0. The number of aromatic nitrogens is 2. The van der Waals surface area contributed by atoms with Crippen molar-refractivity contribution in [2.45, 2.75) is 36.4 Å². The van der Waals surface area contributed by atoms with Gasteiger partial charge in [-0.3, -0.25) is 4.79 Å². The first-order chi connectivity index (χ1) is 14.6. The van der Waals surface area contributed by atoms with Crippen LogP contribution in [0, 0.1) is 0 Å². The number of halogens is 3. The molecule has 0 fully saturated rings. The zero-order chi connectivity index (χ0) is 22.8. The summed E-state index contributed by atoms with van der Waals surface area (Å²) < 4.78 is 25.3. The lowest BCUT2D eigenvalue weighted by Crippen LogP contribution is -2.15. The van der Waals surface area contributed by atoms with Crippen molar-refractivity contribution in [3.8, 4) is 0 Å². The Kier molecular flexibility index (Phi) is 7.77. The first-order valence-corrected chi connectivity index (χ1v) is 12.9. The van der Waals surface area contributed by atoms with Crippen molar-refractivity contribution in [3.05, 3.63) is 45.4 Å². The molecule has 0 aliphatic heterocycles. The number of carbonyl (C=O) groups is 1. The van der Waals surface area contributed by atoms with Gasteiger partial charge < -0.3 is 9.88 Å². The number of fused-ring (bicyclic) bond motifs is 1. The second-order valence-corrected chi connectivity index (χ2v) is 10.4. The van der Waals surface area contributed by atoms with Crippen molar-refractivity contribution < 1.29 is 13.2 Å². The molecule has 1 aromatic heterocycles. The monoisotopic (exact) mass is 520 g/mol. The number of nitrogens with one attached hydrogen (secondary N) is 1. The van der Waals surface area contributed by atoms with E-state index in [2.05, 4.69) is 17.2 Å². The van der Waals surface area contributed by atoms with Gasteiger partial charge in [0.25, 0.3) is 0 Å². The van der Waals surface area contributed by atoms with Gasteiger partial charge in [-0.2, -0.15) is 0 Å². The molecule has 0 saturated carbocycles. The lowest BCUT2D eigenvalue weighted by molar-refractivity contribution is -0.113. The molecule has 3 rings (SSSR count). The summed E-state index contributed by atoms with van der Waals surface area (Å²) in [6.07, 6.45) is 1.87. The molecule has 0 saturated heterocycles. The summed E-state index contributed by atoms with van der Waals surface area (Å²) >= 11 is 19.4. The van der Waals surface area contributed by atoms with Crippen LogP contribution in [0.2, 0.25) is 15.1 Å². The van der Waals surface area contributed by atoms with Crippen LogP contribution < -0.4 is 10.5 Å². The van der Waals surface area contributed by atoms with Crippen molar-refractivity contribution in [2.75, 3.05) is 11.1 Å². The molecule has 3 aromatic rings. The van der Waals surface area contributed by atoms with Gasteiger partial charge in [0.05, 0.1) is 37.4 Å². The predicted molar refractivity (Wildman–Crippen MR) is 127 cm³/mol. The third-order valence-electron chi connectivity index (χ3n) is 4.35. The van der Waals surface area contributed by atoms with Crippen molar-refractivity contribution >= 4 is 79.2 Å². The number of rotatable bonds is 8. The Morgan fingerprint density at radius 2 is 1.87 bits per heavy atom. The minimum atomic E-state index is -3.84. The Balaban J connectivity index is 1.83. The van der Waals surface area contributed by atoms with Crippen LogP contribution in [0.25, 0.3) is 11.0 Å². The fourth-order valence-corrected chi connectivity index (χ4v) is 5.16. The predicted octanol–water partition coefficient (Wildman–Crippen LogP) is 5.17. The third-order valence-corrected chi connectivity index (χ3v) is 7.05. The van der Waals surface area contributed by atoms with E-state index < -0.39 is 10.0 Å². The molecule has 0 spiro atoms. The van der Waals surface area contributed by atoms with E-state index >= 15 is 0 Å². The number of benzene rings is 2. The maximum atomic E-state index is 12.5. The number of aryl methyl sites for hydroxylation is 1. The molecule has 0 aliphatic rings. The van der Waals surface area contributed by atoms with Crippen LogP contribution in [0.5, 0.6) is 0 Å². The summed E-state index contributed by atoms with van der Waals surface area (Å²) in [7, 11) is -3.84. The SMILES string of the molecule is CCCCn1c(SCC(=O)Nc2c(Cl)cc(Cl)cc2Cl)nc2cc(S(N)(=O)=O)ccc21. The Morgan fingerprint density at radius 3 is 2.48 bits per heavy atom. The molecule has 12 heteroatoms. The lowest BCUT2D eigenvalue weighted by atomic mass is 10.3. The quantitative estimate of drug-likeness (QED) is 0.397. The van der Waals surface area contributed by atoms with E-state index in [0.29, 0.717) is 22.2 Å². The van der Waals surface area contributed by atoms with Crippen LogP contribution in [0.15, 0.2) is 40.4 Å². The molecule has 1 heterocycles. The van der Waals surface area contributed by atoms with Gasteiger partial charge in [-0.05, 0) is 36.8 Å². The van der Waals surface area contributed by atoms with E-state index in [4.69, 9.17) is 39.9 Å². The van der Waals surface area contributed by atoms with Crippen LogP contribution in [0.3, 0.4) is 0 Å². The third kappa shape index (κ3) is 5.85. The van der Waals surface area contributed by atoms with Gasteiger partial charge in [-0.1, -0.05) is 59.9 Å². The van der Waals surface area contributed by atoms with Gasteiger partial charge >= 0.3 is 0 Å². The number of hydrogen-bond acceptors (Lipinski definition) is 5. The molecule has 7 nitrogen and oxygen atoms in total. The maximum Gasteiger partial charge on any atom is 0.238 e. The number of anilines is 1. The molecule has 0 bridgehead atoms. The van der Waals surface area contributed by atoms with E-state index in [1.165, 1.54) is 36.0 Å². The molecule has 2 aromatic carbocycles. The normalized spacial score (nSPS) is 11.8. The molecule has 0 aliphatic carbocycles. The summed E-state index contributed by atoms with van der Waals surface area (Å²) in [5.74, 6) is -0.275. The summed E-state index contributed by atoms with van der Waals surface area (Å²) in [6.45, 7) is 2.75. The first kappa shape index (κ1) is 24.2. The lowest BCUT2D eigenvalue weighted by Gasteiger charge is -2.11. The highest BCUT2D eigenvalue weighted by Gasteiger charge is 2.17. The number of sulfonamides is 1. The number of nitrogens with two attached hydrogens (primary N) is 1. The highest BCUT2D eigenvalue weighted by molar-refractivity contribution is 7.99. The largest absolute Gasteiger partial charge is 0.323 e. The van der Waals surface area contributed by atoms with Crippen LogP contribution in [0.1, 0.15) is 19.8 Å². The summed E-state index contributed by atoms with van der Waals surface area (Å²) in [6, 6.07) is 7.54. The first-order valence-electron chi connectivity index (χ1n) is 9.20. The Morgan fingerprint density at radius 1 is 1.19 bits per heavy atom. The summed E-state index contributed by atoms with van der Waals surface area (Å²) in [5, 5.41) is 9.35. The average Bonchev–Trinajstić information content (AvgIpc) is 3.03. The van der Waals surface area contributed by atoms with Crippen LogP contribution in [-0.2, 0) is 21.4 Å². The number of imidazole rings is 1. The van der Waals surface area contributed by atoms with E-state index in [1.807, 2.05) is 4.57 Å². The second kappa shape index (κ2) is 9.97. The van der Waals surface area contributed by atoms with Gasteiger partial charge in [-0.25, -0.2) is 18.5 Å². The van der Waals surface area contributed by atoms with Crippen molar-refractivity contribution in [1.82, 2.24) is 9.55 Å². The van der Waals surface area contributed by atoms with Crippen molar-refractivity contribution in [3.63, 3.8) is 0 Å². The van der Waals surface area contributed by atoms with E-state index in [-0.39, 0.29) is 32.3 Å². The van der Waals surface area contributed by atoms with Crippen LogP contribution >= 0.6 is 46.6 Å². The highest BCUT2D eigenvalue weighted by Crippen LogP contribution is 2.34. The second-order valence-electron chi connectivity index (χ2n) is 6.68. The standard InChI is InChI=1S/C19H19Cl3N4O3S2/c1-2-3-6-26-16-5-4-12(31(23,28)29)9-15(16)24-19(26)30-10-17(27)25-18-13(21)7-11(20)8-14(18)22/h4-5,7-9H,2-3,6,10H2,1H3,(H,25,27)(H2,23,28,29). The fourth-order valence-electron chi connectivity index (χ4n) is 2.87. The molecule has 31 heavy (non-hydrogen) atoms. The maximum absolute atomic E-state index is 12.5. The smallest absolute Gasteiger partial charge is 0.238 e. The number of carbonyl (C=O) groups excluding carboxylic acids is 1. The molecular formula is C19H19Cl3N4O3S2. The molecule has 1 amide bonds. The van der Waals surface area contributed by atoms with Gasteiger partial charge in [0.2, 0.25) is 15.9 Å². The van der Waals surface area contributed by atoms with Gasteiger partial charge in [0, 0.05) is 11.6 Å². The van der Waals surface area contributed by atoms with E-state index in [0.717, 1.165) is 18.4 Å². The Labute approximate surface area is 199 Å². The topological polar surface area (TPSA) is 107 Å². The zero-order valence-corrected chi connectivity index (χ0v) is 20.3. The van der Waals surface area contributed by atoms with Crippen molar-refractivity contribution in [2.24, 2.45) is 5.14 Å². The average molecular weight is 522 g/mol. The minimum Gasteiger partial charge on any atom is -0.323 e. The molecule has 166 valence electrons. The molecule has 0 unspecified atom stereocenters. The van der Waals surface area contributed by atoms with Crippen molar-refractivity contribution in [1.29, 1.82) is 0 Å². The fraction of sp³-hybridized carbons (Fsp3) is 0.263. The van der Waals surface area contributed by atoms with Crippen LogP contribution in [0.4, 0.5) is 5.69 Å². The number of thioether (sulfide) groups is 1. The van der Waals surface area contributed by atoms with E-state index in [9.17, 15) is 13.2 Å². The molecular weight excluding hydrogens is 503 g/mol. The number of amides is 1. The minimum absolute atomic E-state index is 0.0125. The number of primary sulfonamides is 1. The van der Waals surface area contributed by atoms with E-state index in [1.54, 1.807) is 6.07 Å².